The first-order chi connectivity index (χ1) is 11.1. The molecule has 0 N–H and O–H groups in total. The van der Waals surface area contributed by atoms with Crippen molar-refractivity contribution in [2.24, 2.45) is 5.10 Å². The molecule has 0 radical (unpaired) electrons. The third kappa shape index (κ3) is 2.96. The smallest absolute Gasteiger partial charge is 0.269 e. The molecule has 1 atom stereocenters. The minimum atomic E-state index is -0.437. The first kappa shape index (κ1) is 14.9. The van der Waals surface area contributed by atoms with Gasteiger partial charge in [0, 0.05) is 25.5 Å². The molecule has 0 fully saturated rings. The molecule has 1 aliphatic heterocycles. The third-order valence-corrected chi connectivity index (χ3v) is 3.83. The van der Waals surface area contributed by atoms with Crippen molar-refractivity contribution in [2.45, 2.75) is 19.4 Å². The number of rotatable bonds is 3. The van der Waals surface area contributed by atoms with Gasteiger partial charge in [-0.25, -0.2) is 5.01 Å². The Balaban J connectivity index is 1.91. The van der Waals surface area contributed by atoms with Crippen LogP contribution < -0.4 is 0 Å². The lowest BCUT2D eigenvalue weighted by Gasteiger charge is -2.20. The Morgan fingerprint density at radius 2 is 1.83 bits per heavy atom. The fourth-order valence-corrected chi connectivity index (χ4v) is 2.68. The van der Waals surface area contributed by atoms with Crippen LogP contribution in [0.15, 0.2) is 59.7 Å². The summed E-state index contributed by atoms with van der Waals surface area (Å²) in [5.74, 6) is -0.153. The summed E-state index contributed by atoms with van der Waals surface area (Å²) in [5.41, 5.74) is 2.68. The number of nitrogens with zero attached hydrogens (tertiary/aromatic N) is 3. The molecule has 1 amide bonds. The Morgan fingerprint density at radius 1 is 1.17 bits per heavy atom. The van der Waals surface area contributed by atoms with Crippen LogP contribution in [0.1, 0.15) is 30.5 Å². The molecule has 23 heavy (non-hydrogen) atoms. The van der Waals surface area contributed by atoms with Crippen molar-refractivity contribution in [3.8, 4) is 0 Å². The Morgan fingerprint density at radius 3 is 2.39 bits per heavy atom. The maximum absolute atomic E-state index is 11.9. The molecule has 1 aliphatic rings. The van der Waals surface area contributed by atoms with Gasteiger partial charge in [-0.2, -0.15) is 5.10 Å². The molecule has 0 bridgehead atoms. The molecule has 2 aromatic rings. The number of carbonyl (C=O) groups is 1. The molecule has 1 heterocycles. The molecule has 3 rings (SSSR count). The average Bonchev–Trinajstić information content (AvgIpc) is 3.01. The summed E-state index contributed by atoms with van der Waals surface area (Å²) in [5, 5.41) is 16.6. The highest BCUT2D eigenvalue weighted by Gasteiger charge is 2.31. The number of carbonyl (C=O) groups excluding carboxylic acids is 1. The van der Waals surface area contributed by atoms with Crippen LogP contribution in [0.25, 0.3) is 0 Å². The Bertz CT molecular complexity index is 769. The summed E-state index contributed by atoms with van der Waals surface area (Å²) in [6.45, 7) is 1.47. The minimum absolute atomic E-state index is 0.0327. The molecule has 6 heteroatoms. The molecule has 116 valence electrons. The first-order valence-corrected chi connectivity index (χ1v) is 7.23. The van der Waals surface area contributed by atoms with E-state index in [4.69, 9.17) is 0 Å². The van der Waals surface area contributed by atoms with Gasteiger partial charge in [0.05, 0.1) is 16.7 Å². The maximum atomic E-state index is 11.9. The second-order valence-corrected chi connectivity index (χ2v) is 5.34. The van der Waals surface area contributed by atoms with Gasteiger partial charge < -0.3 is 0 Å². The first-order valence-electron chi connectivity index (χ1n) is 7.23. The van der Waals surface area contributed by atoms with Crippen LogP contribution in [-0.4, -0.2) is 21.6 Å². The van der Waals surface area contributed by atoms with Crippen molar-refractivity contribution in [3.63, 3.8) is 0 Å². The number of nitro groups is 1. The van der Waals surface area contributed by atoms with E-state index in [9.17, 15) is 14.9 Å². The Kier molecular flexibility index (Phi) is 3.89. The quantitative estimate of drug-likeness (QED) is 0.645. The van der Waals surface area contributed by atoms with Gasteiger partial charge in [-0.15, -0.1) is 0 Å². The highest BCUT2D eigenvalue weighted by atomic mass is 16.6. The molecule has 0 saturated carbocycles. The van der Waals surface area contributed by atoms with E-state index < -0.39 is 4.92 Å². The highest BCUT2D eigenvalue weighted by Crippen LogP contribution is 2.33. The van der Waals surface area contributed by atoms with Crippen molar-refractivity contribution in [1.29, 1.82) is 0 Å². The van der Waals surface area contributed by atoms with E-state index in [1.54, 1.807) is 12.1 Å². The lowest BCUT2D eigenvalue weighted by Crippen LogP contribution is -2.24. The summed E-state index contributed by atoms with van der Waals surface area (Å²) >= 11 is 0. The summed E-state index contributed by atoms with van der Waals surface area (Å²) in [7, 11) is 0. The maximum Gasteiger partial charge on any atom is 0.269 e. The van der Waals surface area contributed by atoms with Gasteiger partial charge in [-0.3, -0.25) is 14.9 Å². The predicted octanol–water partition coefficient (Wildman–Crippen LogP) is 3.29. The predicted molar refractivity (Wildman–Crippen MR) is 86.0 cm³/mol. The van der Waals surface area contributed by atoms with Crippen molar-refractivity contribution >= 4 is 17.3 Å². The molecular formula is C17H15N3O3. The van der Waals surface area contributed by atoms with E-state index in [0.717, 1.165) is 16.8 Å². The van der Waals surface area contributed by atoms with Crippen molar-refractivity contribution < 1.29 is 9.72 Å². The number of benzene rings is 2. The summed E-state index contributed by atoms with van der Waals surface area (Å²) in [4.78, 5) is 22.2. The molecule has 0 spiro atoms. The largest absolute Gasteiger partial charge is 0.273 e. The van der Waals surface area contributed by atoms with E-state index in [1.165, 1.54) is 24.1 Å². The molecule has 2 aromatic carbocycles. The standard InChI is InChI=1S/C17H15N3O3/c1-12(21)19-17(14-7-9-15(10-8-14)20(22)23)11-16(18-19)13-5-3-2-4-6-13/h2-10,17H,11H2,1H3/t17-/m1/s1. The molecule has 0 aromatic heterocycles. The third-order valence-electron chi connectivity index (χ3n) is 3.83. The van der Waals surface area contributed by atoms with E-state index in [-0.39, 0.29) is 17.6 Å². The van der Waals surface area contributed by atoms with E-state index in [2.05, 4.69) is 5.10 Å². The van der Waals surface area contributed by atoms with Crippen LogP contribution in [0.3, 0.4) is 0 Å². The Labute approximate surface area is 133 Å². The van der Waals surface area contributed by atoms with E-state index in [1.807, 2.05) is 30.3 Å². The topological polar surface area (TPSA) is 75.8 Å². The van der Waals surface area contributed by atoms with Crippen molar-refractivity contribution in [1.82, 2.24) is 5.01 Å². The number of hydrogen-bond acceptors (Lipinski definition) is 4. The molecule has 0 unspecified atom stereocenters. The zero-order valence-corrected chi connectivity index (χ0v) is 12.5. The molecule has 6 nitrogen and oxygen atoms in total. The van der Waals surface area contributed by atoms with Gasteiger partial charge in [0.1, 0.15) is 0 Å². The highest BCUT2D eigenvalue weighted by molar-refractivity contribution is 6.03. The van der Waals surface area contributed by atoms with Crippen molar-refractivity contribution in [2.75, 3.05) is 0 Å². The number of hydrazone groups is 1. The molecule has 0 aliphatic carbocycles. The minimum Gasteiger partial charge on any atom is -0.273 e. The van der Waals surface area contributed by atoms with Crippen LogP contribution >= 0.6 is 0 Å². The SMILES string of the molecule is CC(=O)N1N=C(c2ccccc2)C[C@@H]1c1ccc([N+](=O)[O-])cc1. The lowest BCUT2D eigenvalue weighted by atomic mass is 9.98. The van der Waals surface area contributed by atoms with Crippen LogP contribution in [-0.2, 0) is 4.79 Å². The van der Waals surface area contributed by atoms with Gasteiger partial charge >= 0.3 is 0 Å². The monoisotopic (exact) mass is 309 g/mol. The van der Waals surface area contributed by atoms with Crippen LogP contribution in [0, 0.1) is 10.1 Å². The van der Waals surface area contributed by atoms with Gasteiger partial charge in [0.2, 0.25) is 5.91 Å². The lowest BCUT2D eigenvalue weighted by molar-refractivity contribution is -0.384. The van der Waals surface area contributed by atoms with Crippen LogP contribution in [0.5, 0.6) is 0 Å². The van der Waals surface area contributed by atoms with Crippen LogP contribution in [0.2, 0.25) is 0 Å². The van der Waals surface area contributed by atoms with E-state index in [0.29, 0.717) is 6.42 Å². The zero-order chi connectivity index (χ0) is 16.4. The summed E-state index contributed by atoms with van der Waals surface area (Å²) in [6.07, 6.45) is 0.585. The van der Waals surface area contributed by atoms with Gasteiger partial charge in [0.15, 0.2) is 0 Å². The number of hydrogen-bond donors (Lipinski definition) is 0. The van der Waals surface area contributed by atoms with Crippen molar-refractivity contribution in [3.05, 3.63) is 75.8 Å². The second kappa shape index (κ2) is 6.00. The zero-order valence-electron chi connectivity index (χ0n) is 12.5. The summed E-state index contributed by atoms with van der Waals surface area (Å²) < 4.78 is 0. The normalized spacial score (nSPS) is 17.0. The number of amides is 1. The van der Waals surface area contributed by atoms with Gasteiger partial charge in [0.25, 0.3) is 5.69 Å². The average molecular weight is 309 g/mol. The molecular weight excluding hydrogens is 294 g/mol. The second-order valence-electron chi connectivity index (χ2n) is 5.34. The molecule has 0 saturated heterocycles. The van der Waals surface area contributed by atoms with E-state index >= 15 is 0 Å². The fourth-order valence-electron chi connectivity index (χ4n) is 2.68. The fraction of sp³-hybridized carbons (Fsp3) is 0.176. The summed E-state index contributed by atoms with van der Waals surface area (Å²) in [6, 6.07) is 15.7. The van der Waals surface area contributed by atoms with Gasteiger partial charge in [-0.05, 0) is 11.1 Å². The van der Waals surface area contributed by atoms with Gasteiger partial charge in [-0.1, -0.05) is 42.5 Å². The Hall–Kier alpha value is -3.02. The number of nitro benzene ring substituents is 1. The van der Waals surface area contributed by atoms with Crippen LogP contribution in [0.4, 0.5) is 5.69 Å². The number of non-ortho nitro benzene ring substituents is 1.